The lowest BCUT2D eigenvalue weighted by Gasteiger charge is -2.37. The molecule has 0 saturated carbocycles. The lowest BCUT2D eigenvalue weighted by molar-refractivity contribution is -0.0893. The molecule has 0 atom stereocenters. The van der Waals surface area contributed by atoms with Crippen molar-refractivity contribution >= 4 is 24.5 Å². The number of carbonyl (C=O) groups excluding carboxylic acids is 1. The number of hydrogen-bond donors (Lipinski definition) is 2. The zero-order valence-electron chi connectivity index (χ0n) is 18.4. The summed E-state index contributed by atoms with van der Waals surface area (Å²) in [5.74, 6) is 0.537. The summed E-state index contributed by atoms with van der Waals surface area (Å²) in [6, 6.07) is 12.7. The maximum atomic E-state index is 12.6. The van der Waals surface area contributed by atoms with Crippen LogP contribution in [0.5, 0.6) is 5.75 Å². The number of nitrogens with one attached hydrogen (secondary N) is 1. The van der Waals surface area contributed by atoms with Gasteiger partial charge in [0.25, 0.3) is 5.91 Å². The molecule has 5 nitrogen and oxygen atoms in total. The van der Waals surface area contributed by atoms with Gasteiger partial charge in [-0.2, -0.15) is 0 Å². The number of ether oxygens (including phenoxy) is 1. The van der Waals surface area contributed by atoms with Crippen LogP contribution in [0.25, 0.3) is 0 Å². The second-order valence-corrected chi connectivity index (χ2v) is 8.47. The number of amides is 1. The van der Waals surface area contributed by atoms with Gasteiger partial charge in [-0.05, 0) is 89.8 Å². The highest BCUT2D eigenvalue weighted by Crippen LogP contribution is 2.24. The summed E-state index contributed by atoms with van der Waals surface area (Å²) >= 11 is 0. The predicted molar refractivity (Wildman–Crippen MR) is 118 cm³/mol. The molecule has 0 bridgehead atoms. The standard InChI is InChI=1S/C23H31BNO4/c1-15(2)28-18-13-11-17(12-14-18)21(26)25-20-10-8-9-19(16(20)3)24-29-23(6,7)22(4,5)27/h8-15,27H,1-7H3,(H,25,26). The maximum Gasteiger partial charge on any atom is 0.331 e. The number of hydrogen-bond acceptors (Lipinski definition) is 4. The van der Waals surface area contributed by atoms with E-state index >= 15 is 0 Å². The molecule has 6 heteroatoms. The van der Waals surface area contributed by atoms with Gasteiger partial charge < -0.3 is 19.8 Å². The molecule has 0 heterocycles. The molecule has 0 fully saturated rings. The number of aliphatic hydroxyl groups is 1. The summed E-state index contributed by atoms with van der Waals surface area (Å²) in [6.07, 6.45) is 0.0833. The molecule has 0 saturated heterocycles. The molecule has 0 aliphatic carbocycles. The van der Waals surface area contributed by atoms with Crippen LogP contribution in [0.15, 0.2) is 42.5 Å². The fourth-order valence-corrected chi connectivity index (χ4v) is 2.42. The Morgan fingerprint density at radius 3 is 2.24 bits per heavy atom. The molecular weight excluding hydrogens is 365 g/mol. The average Bonchev–Trinajstić information content (AvgIpc) is 2.61. The zero-order chi connectivity index (χ0) is 21.8. The van der Waals surface area contributed by atoms with Crippen LogP contribution in [0.1, 0.15) is 57.5 Å². The summed E-state index contributed by atoms with van der Waals surface area (Å²) in [6.45, 7) is 12.9. The molecule has 2 aromatic carbocycles. The van der Waals surface area contributed by atoms with E-state index in [2.05, 4.69) is 5.32 Å². The Morgan fingerprint density at radius 1 is 1.07 bits per heavy atom. The van der Waals surface area contributed by atoms with Crippen molar-refractivity contribution in [3.05, 3.63) is 53.6 Å². The third kappa shape index (κ3) is 6.08. The quantitative estimate of drug-likeness (QED) is 0.666. The first-order valence-electron chi connectivity index (χ1n) is 9.82. The molecular formula is C23H31BNO4. The molecule has 0 aliphatic heterocycles. The third-order valence-corrected chi connectivity index (χ3v) is 5.07. The number of benzene rings is 2. The minimum atomic E-state index is -1.01. The van der Waals surface area contributed by atoms with Crippen LogP contribution in [0, 0.1) is 6.92 Å². The van der Waals surface area contributed by atoms with Gasteiger partial charge in [0.15, 0.2) is 0 Å². The Kier molecular flexibility index (Phi) is 7.14. The highest BCUT2D eigenvalue weighted by atomic mass is 16.5. The first kappa shape index (κ1) is 23.0. The maximum absolute atomic E-state index is 12.6. The minimum Gasteiger partial charge on any atom is -0.491 e. The van der Waals surface area contributed by atoms with Crippen LogP contribution < -0.4 is 15.5 Å². The van der Waals surface area contributed by atoms with Gasteiger partial charge >= 0.3 is 7.48 Å². The van der Waals surface area contributed by atoms with E-state index < -0.39 is 11.2 Å². The zero-order valence-corrected chi connectivity index (χ0v) is 18.4. The van der Waals surface area contributed by atoms with Gasteiger partial charge in [-0.15, -0.1) is 0 Å². The molecule has 1 amide bonds. The number of carbonyl (C=O) groups is 1. The van der Waals surface area contributed by atoms with E-state index in [1.54, 1.807) is 45.6 Å². The summed E-state index contributed by atoms with van der Waals surface area (Å²) < 4.78 is 11.5. The van der Waals surface area contributed by atoms with Gasteiger partial charge in [-0.1, -0.05) is 12.1 Å². The van der Waals surface area contributed by atoms with Crippen molar-refractivity contribution in [1.29, 1.82) is 0 Å². The normalized spacial score (nSPS) is 12.0. The second kappa shape index (κ2) is 9.01. The fourth-order valence-electron chi connectivity index (χ4n) is 2.42. The molecule has 2 N–H and O–H groups in total. The second-order valence-electron chi connectivity index (χ2n) is 8.47. The van der Waals surface area contributed by atoms with Crippen LogP contribution >= 0.6 is 0 Å². The van der Waals surface area contributed by atoms with Crippen LogP contribution in [0.3, 0.4) is 0 Å². The Labute approximate surface area is 174 Å². The van der Waals surface area contributed by atoms with Crippen molar-refractivity contribution < 1.29 is 19.3 Å². The minimum absolute atomic E-state index is 0.0833. The van der Waals surface area contributed by atoms with Crippen LogP contribution in [-0.2, 0) is 4.65 Å². The van der Waals surface area contributed by atoms with Gasteiger partial charge in [0.05, 0.1) is 17.3 Å². The SMILES string of the molecule is Cc1c([B]OC(C)(C)C(C)(C)O)cccc1NC(=O)c1ccc(OC(C)C)cc1. The monoisotopic (exact) mass is 396 g/mol. The van der Waals surface area contributed by atoms with E-state index in [0.29, 0.717) is 11.3 Å². The topological polar surface area (TPSA) is 67.8 Å². The summed E-state index contributed by atoms with van der Waals surface area (Å²) in [5, 5.41) is 13.2. The van der Waals surface area contributed by atoms with Crippen molar-refractivity contribution in [2.24, 2.45) is 0 Å². The lowest BCUT2D eigenvalue weighted by atomic mass is 9.80. The van der Waals surface area contributed by atoms with E-state index in [0.717, 1.165) is 16.8 Å². The van der Waals surface area contributed by atoms with E-state index in [1.165, 1.54) is 0 Å². The van der Waals surface area contributed by atoms with Gasteiger partial charge in [0, 0.05) is 11.3 Å². The van der Waals surface area contributed by atoms with E-state index in [4.69, 9.17) is 9.39 Å². The van der Waals surface area contributed by atoms with Crippen molar-refractivity contribution in [3.8, 4) is 5.75 Å². The van der Waals surface area contributed by atoms with Crippen LogP contribution in [-0.4, -0.2) is 35.8 Å². The van der Waals surface area contributed by atoms with Crippen molar-refractivity contribution in [2.45, 2.75) is 65.8 Å². The predicted octanol–water partition coefficient (Wildman–Crippen LogP) is 3.85. The highest BCUT2D eigenvalue weighted by Gasteiger charge is 2.35. The molecule has 1 radical (unpaired) electrons. The van der Waals surface area contributed by atoms with E-state index in [9.17, 15) is 9.90 Å². The molecule has 0 aromatic heterocycles. The Bertz CT molecular complexity index is 839. The van der Waals surface area contributed by atoms with Gasteiger partial charge in [0.2, 0.25) is 0 Å². The summed E-state index contributed by atoms with van der Waals surface area (Å²) in [4.78, 5) is 12.6. The Balaban J connectivity index is 2.10. The van der Waals surface area contributed by atoms with Gasteiger partial charge in [-0.3, -0.25) is 4.79 Å². The number of rotatable bonds is 8. The molecule has 2 rings (SSSR count). The Hall–Kier alpha value is -2.31. The summed E-state index contributed by atoms with van der Waals surface area (Å²) in [7, 11) is 1.63. The van der Waals surface area contributed by atoms with Crippen molar-refractivity contribution in [2.75, 3.05) is 5.32 Å². The smallest absolute Gasteiger partial charge is 0.331 e. The lowest BCUT2D eigenvalue weighted by Crippen LogP contribution is -2.49. The highest BCUT2D eigenvalue weighted by molar-refractivity contribution is 6.48. The molecule has 0 unspecified atom stereocenters. The molecule has 2 aromatic rings. The fraction of sp³-hybridized carbons (Fsp3) is 0.435. The van der Waals surface area contributed by atoms with Crippen molar-refractivity contribution in [1.82, 2.24) is 0 Å². The first-order valence-corrected chi connectivity index (χ1v) is 9.82. The van der Waals surface area contributed by atoms with E-state index in [-0.39, 0.29) is 12.0 Å². The van der Waals surface area contributed by atoms with Crippen LogP contribution in [0.2, 0.25) is 0 Å². The average molecular weight is 396 g/mol. The molecule has 0 aliphatic rings. The largest absolute Gasteiger partial charge is 0.491 e. The van der Waals surface area contributed by atoms with Crippen molar-refractivity contribution in [3.63, 3.8) is 0 Å². The summed E-state index contributed by atoms with van der Waals surface area (Å²) in [5.41, 5.74) is 1.20. The third-order valence-electron chi connectivity index (χ3n) is 5.07. The van der Waals surface area contributed by atoms with Gasteiger partial charge in [0.1, 0.15) is 5.75 Å². The first-order chi connectivity index (χ1) is 13.4. The number of anilines is 1. The molecule has 29 heavy (non-hydrogen) atoms. The van der Waals surface area contributed by atoms with Crippen LogP contribution in [0.4, 0.5) is 5.69 Å². The molecule has 0 spiro atoms. The van der Waals surface area contributed by atoms with Gasteiger partial charge in [-0.25, -0.2) is 0 Å². The Morgan fingerprint density at radius 2 is 1.69 bits per heavy atom. The molecule has 155 valence electrons. The van der Waals surface area contributed by atoms with E-state index in [1.807, 2.05) is 52.8 Å².